The Hall–Kier alpha value is -1.87. The Labute approximate surface area is 249 Å². The molecule has 1 saturated heterocycles. The van der Waals surface area contributed by atoms with Gasteiger partial charge in [0.1, 0.15) is 0 Å². The number of nitrogens with two attached hydrogens (primary N) is 1. The van der Waals surface area contributed by atoms with Crippen LogP contribution in [0.5, 0.6) is 11.5 Å². The minimum absolute atomic E-state index is 0.0527. The van der Waals surface area contributed by atoms with Gasteiger partial charge in [0.05, 0.1) is 19.8 Å². The molecule has 1 aromatic rings. The number of methoxy groups -OCH3 is 2. The summed E-state index contributed by atoms with van der Waals surface area (Å²) in [7, 11) is 3.33. The SMILES string of the molecule is CCCN1CCC(NC(=O)C(CC(O)[C@@H](N)CC(Cc2ccc(OC)c(OCCCOC)c2)C(C)C)C(C)C)CC1. The molecule has 1 amide bonds. The minimum Gasteiger partial charge on any atom is -0.493 e. The third-order valence-electron chi connectivity index (χ3n) is 8.60. The molecule has 8 nitrogen and oxygen atoms in total. The highest BCUT2D eigenvalue weighted by Gasteiger charge is 2.31. The maximum absolute atomic E-state index is 13.3. The highest BCUT2D eigenvalue weighted by atomic mass is 16.5. The molecule has 1 aliphatic heterocycles. The summed E-state index contributed by atoms with van der Waals surface area (Å²) >= 11 is 0. The van der Waals surface area contributed by atoms with Crippen LogP contribution in [-0.4, -0.2) is 81.2 Å². The standard InChI is InChI=1S/C33H59N3O5/c1-8-14-36-15-12-27(13-16-36)35-33(38)28(24(4)5)22-30(37)29(34)21-26(23(2)3)19-25-10-11-31(40-7)32(20-25)41-18-9-17-39-6/h10-11,20,23-24,26-30,37H,8-9,12-19,21-22,34H2,1-7H3,(H,35,38)/t26?,28?,29-,30?/m0/s1. The third-order valence-corrected chi connectivity index (χ3v) is 8.60. The molecular formula is C33H59N3O5. The molecule has 0 bridgehead atoms. The zero-order valence-electron chi connectivity index (χ0n) is 26.9. The molecule has 1 aliphatic rings. The number of nitrogens with zero attached hydrogens (tertiary/aromatic N) is 1. The number of hydrogen-bond acceptors (Lipinski definition) is 7. The van der Waals surface area contributed by atoms with Crippen molar-refractivity contribution in [3.05, 3.63) is 23.8 Å². The number of piperidine rings is 1. The quantitative estimate of drug-likeness (QED) is 0.205. The molecule has 3 unspecified atom stereocenters. The van der Waals surface area contributed by atoms with E-state index in [1.54, 1.807) is 14.2 Å². The second kappa shape index (κ2) is 18.6. The number of ether oxygens (including phenoxy) is 3. The van der Waals surface area contributed by atoms with Crippen molar-refractivity contribution < 1.29 is 24.1 Å². The van der Waals surface area contributed by atoms with Crippen molar-refractivity contribution in [2.75, 3.05) is 47.1 Å². The van der Waals surface area contributed by atoms with Gasteiger partial charge in [-0.25, -0.2) is 0 Å². The summed E-state index contributed by atoms with van der Waals surface area (Å²) in [4.78, 5) is 15.8. The number of rotatable bonds is 19. The van der Waals surface area contributed by atoms with Crippen LogP contribution in [0.15, 0.2) is 18.2 Å². The van der Waals surface area contributed by atoms with Gasteiger partial charge in [-0.1, -0.05) is 40.7 Å². The van der Waals surface area contributed by atoms with E-state index in [0.29, 0.717) is 37.7 Å². The van der Waals surface area contributed by atoms with E-state index in [0.717, 1.165) is 63.1 Å². The normalized spacial score (nSPS) is 17.8. The first-order chi connectivity index (χ1) is 19.6. The lowest BCUT2D eigenvalue weighted by Crippen LogP contribution is -2.48. The van der Waals surface area contributed by atoms with E-state index < -0.39 is 12.1 Å². The van der Waals surface area contributed by atoms with Gasteiger partial charge in [0, 0.05) is 51.2 Å². The molecular weight excluding hydrogens is 518 g/mol. The van der Waals surface area contributed by atoms with Crippen molar-refractivity contribution >= 4 is 5.91 Å². The Kier molecular flexibility index (Phi) is 16.0. The predicted octanol–water partition coefficient (Wildman–Crippen LogP) is 4.66. The van der Waals surface area contributed by atoms with Crippen LogP contribution < -0.4 is 20.5 Å². The fraction of sp³-hybridized carbons (Fsp3) is 0.788. The lowest BCUT2D eigenvalue weighted by atomic mass is 9.80. The Morgan fingerprint density at radius 2 is 1.78 bits per heavy atom. The molecule has 236 valence electrons. The van der Waals surface area contributed by atoms with Gasteiger partial charge >= 0.3 is 0 Å². The number of likely N-dealkylation sites (tertiary alicyclic amines) is 1. The fourth-order valence-corrected chi connectivity index (χ4v) is 5.79. The maximum atomic E-state index is 13.3. The average Bonchev–Trinajstić information content (AvgIpc) is 2.94. The largest absolute Gasteiger partial charge is 0.493 e. The molecule has 4 N–H and O–H groups in total. The predicted molar refractivity (Wildman–Crippen MR) is 166 cm³/mol. The summed E-state index contributed by atoms with van der Waals surface area (Å²) in [5.41, 5.74) is 7.76. The van der Waals surface area contributed by atoms with Crippen molar-refractivity contribution in [2.45, 2.75) is 97.8 Å². The van der Waals surface area contributed by atoms with Crippen molar-refractivity contribution in [1.29, 1.82) is 0 Å². The molecule has 0 spiro atoms. The number of nitrogens with one attached hydrogen (secondary N) is 1. The highest BCUT2D eigenvalue weighted by molar-refractivity contribution is 5.79. The topological polar surface area (TPSA) is 106 Å². The molecule has 0 radical (unpaired) electrons. The second-order valence-electron chi connectivity index (χ2n) is 12.6. The number of hydrogen-bond donors (Lipinski definition) is 3. The zero-order chi connectivity index (χ0) is 30.4. The van der Waals surface area contributed by atoms with E-state index in [2.05, 4.69) is 57.0 Å². The second-order valence-corrected chi connectivity index (χ2v) is 12.6. The zero-order valence-corrected chi connectivity index (χ0v) is 26.9. The van der Waals surface area contributed by atoms with Crippen molar-refractivity contribution in [3.8, 4) is 11.5 Å². The highest BCUT2D eigenvalue weighted by Crippen LogP contribution is 2.32. The first-order valence-corrected chi connectivity index (χ1v) is 15.8. The molecule has 1 heterocycles. The van der Waals surface area contributed by atoms with Gasteiger partial charge in [-0.15, -0.1) is 0 Å². The Morgan fingerprint density at radius 1 is 1.07 bits per heavy atom. The minimum atomic E-state index is -0.739. The van der Waals surface area contributed by atoms with Gasteiger partial charge < -0.3 is 35.3 Å². The van der Waals surface area contributed by atoms with Gasteiger partial charge in [-0.05, 0) is 80.5 Å². The lowest BCUT2D eigenvalue weighted by molar-refractivity contribution is -0.128. The van der Waals surface area contributed by atoms with E-state index in [9.17, 15) is 9.90 Å². The monoisotopic (exact) mass is 577 g/mol. The van der Waals surface area contributed by atoms with E-state index in [1.807, 2.05) is 6.07 Å². The molecule has 0 aliphatic carbocycles. The van der Waals surface area contributed by atoms with Crippen LogP contribution in [0.1, 0.15) is 78.7 Å². The van der Waals surface area contributed by atoms with Gasteiger partial charge in [0.2, 0.25) is 5.91 Å². The smallest absolute Gasteiger partial charge is 0.223 e. The number of benzene rings is 1. The van der Waals surface area contributed by atoms with E-state index in [-0.39, 0.29) is 29.7 Å². The first-order valence-electron chi connectivity index (χ1n) is 15.8. The molecule has 8 heteroatoms. The Balaban J connectivity index is 1.97. The van der Waals surface area contributed by atoms with Gasteiger partial charge in [0.25, 0.3) is 0 Å². The van der Waals surface area contributed by atoms with Crippen LogP contribution in [-0.2, 0) is 16.0 Å². The lowest BCUT2D eigenvalue weighted by Gasteiger charge is -2.34. The fourth-order valence-electron chi connectivity index (χ4n) is 5.79. The van der Waals surface area contributed by atoms with Crippen LogP contribution in [0.3, 0.4) is 0 Å². The summed E-state index contributed by atoms with van der Waals surface area (Å²) < 4.78 is 16.6. The Bertz CT molecular complexity index is 872. The number of aliphatic hydroxyl groups excluding tert-OH is 1. The third kappa shape index (κ3) is 12.1. The summed E-state index contributed by atoms with van der Waals surface area (Å²) in [5.74, 6) is 2.01. The van der Waals surface area contributed by atoms with E-state index in [1.165, 1.54) is 0 Å². The molecule has 0 aromatic heterocycles. The van der Waals surface area contributed by atoms with Gasteiger partial charge in [-0.2, -0.15) is 0 Å². The maximum Gasteiger partial charge on any atom is 0.223 e. The van der Waals surface area contributed by atoms with E-state index >= 15 is 0 Å². The number of aliphatic hydroxyl groups is 1. The van der Waals surface area contributed by atoms with Crippen LogP contribution in [0, 0.1) is 23.7 Å². The summed E-state index contributed by atoms with van der Waals surface area (Å²) in [6, 6.07) is 5.88. The van der Waals surface area contributed by atoms with Crippen LogP contribution >= 0.6 is 0 Å². The van der Waals surface area contributed by atoms with Crippen LogP contribution in [0.2, 0.25) is 0 Å². The van der Waals surface area contributed by atoms with Crippen molar-refractivity contribution in [2.24, 2.45) is 29.4 Å². The number of carbonyl (C=O) groups excluding carboxylic acids is 1. The molecule has 0 saturated carbocycles. The summed E-state index contributed by atoms with van der Waals surface area (Å²) in [5, 5.41) is 14.5. The van der Waals surface area contributed by atoms with Gasteiger partial charge in [0.15, 0.2) is 11.5 Å². The molecule has 4 atom stereocenters. The van der Waals surface area contributed by atoms with Crippen molar-refractivity contribution in [3.63, 3.8) is 0 Å². The summed E-state index contributed by atoms with van der Waals surface area (Å²) in [6.45, 7) is 15.1. The van der Waals surface area contributed by atoms with Crippen LogP contribution in [0.25, 0.3) is 0 Å². The van der Waals surface area contributed by atoms with Crippen LogP contribution in [0.4, 0.5) is 0 Å². The van der Waals surface area contributed by atoms with Gasteiger partial charge in [-0.3, -0.25) is 4.79 Å². The summed E-state index contributed by atoms with van der Waals surface area (Å²) in [6.07, 6.45) is 5.08. The molecule has 2 rings (SSSR count). The first kappa shape index (κ1) is 35.3. The number of amides is 1. The number of carbonyl (C=O) groups is 1. The average molecular weight is 578 g/mol. The molecule has 1 aromatic carbocycles. The molecule has 41 heavy (non-hydrogen) atoms. The van der Waals surface area contributed by atoms with E-state index in [4.69, 9.17) is 19.9 Å². The Morgan fingerprint density at radius 3 is 2.37 bits per heavy atom. The van der Waals surface area contributed by atoms with Crippen molar-refractivity contribution in [1.82, 2.24) is 10.2 Å². The molecule has 1 fully saturated rings.